The van der Waals surface area contributed by atoms with Crippen LogP contribution in [0.3, 0.4) is 0 Å². The Balaban J connectivity index is 1.82. The van der Waals surface area contributed by atoms with E-state index in [1.165, 1.54) is 24.3 Å². The van der Waals surface area contributed by atoms with Crippen LogP contribution in [-0.4, -0.2) is 28.0 Å². The zero-order valence-electron chi connectivity index (χ0n) is 14.9. The Labute approximate surface area is 155 Å². The van der Waals surface area contributed by atoms with Gasteiger partial charge in [0.2, 0.25) is 0 Å². The molecule has 2 heterocycles. The maximum atomic E-state index is 14.1. The van der Waals surface area contributed by atoms with Gasteiger partial charge in [0.05, 0.1) is 23.6 Å². The van der Waals surface area contributed by atoms with Gasteiger partial charge in [-0.2, -0.15) is 0 Å². The summed E-state index contributed by atoms with van der Waals surface area (Å²) >= 11 is 0. The Kier molecular flexibility index (Phi) is 5.30. The molecule has 0 aliphatic heterocycles. The van der Waals surface area contributed by atoms with Gasteiger partial charge in [0.15, 0.2) is 0 Å². The van der Waals surface area contributed by atoms with Crippen molar-refractivity contribution in [2.45, 2.75) is 13.8 Å². The molecule has 1 amide bonds. The summed E-state index contributed by atoms with van der Waals surface area (Å²) < 4.78 is 20.9. The Hall–Kier alpha value is -3.48. The third-order valence-electron chi connectivity index (χ3n) is 3.91. The van der Waals surface area contributed by atoms with Crippen molar-refractivity contribution < 1.29 is 18.7 Å². The third kappa shape index (κ3) is 4.03. The van der Waals surface area contributed by atoms with Crippen LogP contribution in [0.1, 0.15) is 33.5 Å². The molecule has 0 aliphatic rings. The van der Waals surface area contributed by atoms with Crippen LogP contribution in [0.5, 0.6) is 0 Å². The van der Waals surface area contributed by atoms with Crippen molar-refractivity contribution in [3.63, 3.8) is 0 Å². The van der Waals surface area contributed by atoms with E-state index < -0.39 is 17.7 Å². The number of rotatable bonds is 5. The number of carbonyl (C=O) groups excluding carboxylic acids is 2. The summed E-state index contributed by atoms with van der Waals surface area (Å²) in [6.07, 6.45) is 3.63. The van der Waals surface area contributed by atoms with Gasteiger partial charge in [-0.15, -0.1) is 0 Å². The first kappa shape index (κ1) is 18.3. The number of ether oxygens (including phenoxy) is 1. The number of esters is 1. The highest BCUT2D eigenvalue weighted by Crippen LogP contribution is 2.20. The number of nitrogens with zero attached hydrogens (tertiary/aromatic N) is 2. The number of aryl methyl sites for hydroxylation is 1. The van der Waals surface area contributed by atoms with Gasteiger partial charge in [-0.05, 0) is 56.3 Å². The number of halogens is 1. The molecule has 6 nitrogen and oxygen atoms in total. The smallest absolute Gasteiger partial charge is 0.339 e. The summed E-state index contributed by atoms with van der Waals surface area (Å²) in [5.74, 6) is -1.63. The molecule has 3 aromatic rings. The summed E-state index contributed by atoms with van der Waals surface area (Å²) in [6.45, 7) is 3.56. The van der Waals surface area contributed by atoms with E-state index >= 15 is 0 Å². The molecule has 0 radical (unpaired) electrons. The Bertz CT molecular complexity index is 984. The number of anilines is 1. The fourth-order valence-electron chi connectivity index (χ4n) is 2.57. The molecule has 0 unspecified atom stereocenters. The van der Waals surface area contributed by atoms with E-state index in [1.807, 2.05) is 24.5 Å². The molecule has 0 spiro atoms. The number of aromatic nitrogens is 2. The molecule has 1 aromatic carbocycles. The lowest BCUT2D eigenvalue weighted by Gasteiger charge is -2.10. The summed E-state index contributed by atoms with van der Waals surface area (Å²) in [5.41, 5.74) is 1.47. The van der Waals surface area contributed by atoms with E-state index in [2.05, 4.69) is 10.3 Å². The predicted molar refractivity (Wildman–Crippen MR) is 98.6 cm³/mol. The Morgan fingerprint density at radius 2 is 1.93 bits per heavy atom. The van der Waals surface area contributed by atoms with Crippen molar-refractivity contribution >= 4 is 17.6 Å². The summed E-state index contributed by atoms with van der Waals surface area (Å²) in [5, 5.41) is 2.52. The highest BCUT2D eigenvalue weighted by molar-refractivity contribution is 6.03. The number of carbonyl (C=O) groups is 2. The molecule has 3 rings (SSSR count). The quantitative estimate of drug-likeness (QED) is 0.697. The fourth-order valence-corrected chi connectivity index (χ4v) is 2.57. The number of amides is 1. The minimum absolute atomic E-state index is 0.0418. The average molecular weight is 367 g/mol. The second-order valence-electron chi connectivity index (χ2n) is 5.76. The number of pyridine rings is 1. The summed E-state index contributed by atoms with van der Waals surface area (Å²) in [6, 6.07) is 11.0. The molecule has 2 aromatic heterocycles. The molecule has 0 saturated carbocycles. The second-order valence-corrected chi connectivity index (χ2v) is 5.76. The van der Waals surface area contributed by atoms with Crippen LogP contribution in [0, 0.1) is 12.7 Å². The third-order valence-corrected chi connectivity index (χ3v) is 3.91. The fraction of sp³-hybridized carbons (Fsp3) is 0.150. The van der Waals surface area contributed by atoms with E-state index in [4.69, 9.17) is 4.74 Å². The maximum Gasteiger partial charge on any atom is 0.339 e. The van der Waals surface area contributed by atoms with Crippen LogP contribution < -0.4 is 5.32 Å². The van der Waals surface area contributed by atoms with Gasteiger partial charge in [0, 0.05) is 18.1 Å². The average Bonchev–Trinajstić information content (AvgIpc) is 3.18. The molecular formula is C20H18FN3O3. The largest absolute Gasteiger partial charge is 0.462 e. The van der Waals surface area contributed by atoms with Crippen molar-refractivity contribution in [2.75, 3.05) is 11.9 Å². The van der Waals surface area contributed by atoms with Crippen LogP contribution in [0.4, 0.5) is 10.1 Å². The lowest BCUT2D eigenvalue weighted by Crippen LogP contribution is -2.17. The maximum absolute atomic E-state index is 14.1. The first-order valence-corrected chi connectivity index (χ1v) is 8.38. The van der Waals surface area contributed by atoms with Gasteiger partial charge in [-0.25, -0.2) is 14.2 Å². The zero-order valence-corrected chi connectivity index (χ0v) is 14.9. The van der Waals surface area contributed by atoms with E-state index in [0.29, 0.717) is 11.4 Å². The van der Waals surface area contributed by atoms with Crippen molar-refractivity contribution in [3.05, 3.63) is 77.6 Å². The molecule has 0 bridgehead atoms. The summed E-state index contributed by atoms with van der Waals surface area (Å²) in [7, 11) is 0. The highest BCUT2D eigenvalue weighted by atomic mass is 19.1. The van der Waals surface area contributed by atoms with Gasteiger partial charge < -0.3 is 14.6 Å². The molecule has 138 valence electrons. The lowest BCUT2D eigenvalue weighted by molar-refractivity contribution is 0.0524. The molecule has 1 N–H and O–H groups in total. The minimum atomic E-state index is -0.572. The Morgan fingerprint density at radius 1 is 1.19 bits per heavy atom. The van der Waals surface area contributed by atoms with Gasteiger partial charge in [0.1, 0.15) is 11.5 Å². The Morgan fingerprint density at radius 3 is 2.59 bits per heavy atom. The first-order chi connectivity index (χ1) is 13.0. The van der Waals surface area contributed by atoms with Gasteiger partial charge in [-0.3, -0.25) is 4.79 Å². The van der Waals surface area contributed by atoms with E-state index in [1.54, 1.807) is 24.5 Å². The monoisotopic (exact) mass is 367 g/mol. The van der Waals surface area contributed by atoms with Gasteiger partial charge in [0.25, 0.3) is 5.91 Å². The molecule has 0 aliphatic carbocycles. The summed E-state index contributed by atoms with van der Waals surface area (Å²) in [4.78, 5) is 28.4. The first-order valence-electron chi connectivity index (χ1n) is 8.38. The normalized spacial score (nSPS) is 10.5. The molecule has 27 heavy (non-hydrogen) atoms. The van der Waals surface area contributed by atoms with Gasteiger partial charge in [-0.1, -0.05) is 0 Å². The van der Waals surface area contributed by atoms with E-state index in [0.717, 1.165) is 0 Å². The molecular weight excluding hydrogens is 349 g/mol. The van der Waals surface area contributed by atoms with Crippen LogP contribution in [0.25, 0.3) is 5.69 Å². The predicted octanol–water partition coefficient (Wildman–Crippen LogP) is 3.75. The topological polar surface area (TPSA) is 73.2 Å². The highest BCUT2D eigenvalue weighted by Gasteiger charge is 2.16. The number of hydrogen-bond acceptors (Lipinski definition) is 4. The standard InChI is InChI=1S/C20H18FN3O3/c1-3-27-20(26)15-7-9-17(22-13(15)2)19(25)23-18-12-14(6-8-16(18)21)24-10-4-5-11-24/h4-12H,3H2,1-2H3,(H,23,25). The minimum Gasteiger partial charge on any atom is -0.462 e. The number of benzene rings is 1. The molecule has 0 atom stereocenters. The van der Waals surface area contributed by atoms with E-state index in [-0.39, 0.29) is 23.6 Å². The molecule has 0 saturated heterocycles. The molecule has 7 heteroatoms. The van der Waals surface area contributed by atoms with Crippen LogP contribution >= 0.6 is 0 Å². The zero-order chi connectivity index (χ0) is 19.4. The second kappa shape index (κ2) is 7.82. The molecule has 0 fully saturated rings. The van der Waals surface area contributed by atoms with Crippen molar-refractivity contribution in [3.8, 4) is 5.69 Å². The van der Waals surface area contributed by atoms with Crippen LogP contribution in [0.15, 0.2) is 54.9 Å². The number of hydrogen-bond donors (Lipinski definition) is 1. The van der Waals surface area contributed by atoms with Crippen molar-refractivity contribution in [1.82, 2.24) is 9.55 Å². The van der Waals surface area contributed by atoms with Crippen LogP contribution in [0.2, 0.25) is 0 Å². The number of nitrogens with one attached hydrogen (secondary N) is 1. The van der Waals surface area contributed by atoms with E-state index in [9.17, 15) is 14.0 Å². The van der Waals surface area contributed by atoms with Crippen molar-refractivity contribution in [2.24, 2.45) is 0 Å². The lowest BCUT2D eigenvalue weighted by atomic mass is 10.1. The van der Waals surface area contributed by atoms with Crippen LogP contribution in [-0.2, 0) is 4.74 Å². The van der Waals surface area contributed by atoms with Crippen molar-refractivity contribution in [1.29, 1.82) is 0 Å². The van der Waals surface area contributed by atoms with Gasteiger partial charge >= 0.3 is 5.97 Å². The SMILES string of the molecule is CCOC(=O)c1ccc(C(=O)Nc2cc(-n3cccc3)ccc2F)nc1C.